The van der Waals surface area contributed by atoms with E-state index in [-0.39, 0.29) is 57.9 Å². The topological polar surface area (TPSA) is 187 Å². The van der Waals surface area contributed by atoms with E-state index in [0.29, 0.717) is 35.5 Å². The molecule has 14 heteroatoms. The molecule has 8 rings (SSSR count). The van der Waals surface area contributed by atoms with E-state index in [1.54, 1.807) is 23.2 Å². The Morgan fingerprint density at radius 1 is 0.898 bits per heavy atom. The van der Waals surface area contributed by atoms with Crippen molar-refractivity contribution in [3.05, 3.63) is 88.9 Å². The molecule has 59 heavy (non-hydrogen) atoms. The summed E-state index contributed by atoms with van der Waals surface area (Å²) in [6, 6.07) is 15.4. The monoisotopic (exact) mass is 799 g/mol. The molecule has 2 aliphatic heterocycles. The molecule has 3 atom stereocenters. The highest BCUT2D eigenvalue weighted by molar-refractivity contribution is 5.92. The third-order valence-electron chi connectivity index (χ3n) is 11.5. The van der Waals surface area contributed by atoms with Gasteiger partial charge in [0.25, 0.3) is 0 Å². The van der Waals surface area contributed by atoms with Crippen molar-refractivity contribution in [2.45, 2.75) is 77.9 Å². The Labute approximate surface area is 341 Å². The van der Waals surface area contributed by atoms with Crippen molar-refractivity contribution >= 4 is 39.9 Å². The number of nitrogens with one attached hydrogen (secondary N) is 3. The number of phenols is 1. The second-order valence-corrected chi connectivity index (χ2v) is 16.4. The van der Waals surface area contributed by atoms with Crippen molar-refractivity contribution in [3.63, 3.8) is 0 Å². The first-order chi connectivity index (χ1) is 28.4. The van der Waals surface area contributed by atoms with Crippen molar-refractivity contribution in [1.82, 2.24) is 35.1 Å². The zero-order valence-corrected chi connectivity index (χ0v) is 33.9. The van der Waals surface area contributed by atoms with Crippen LogP contribution >= 0.6 is 0 Å². The van der Waals surface area contributed by atoms with Gasteiger partial charge in [-0.25, -0.2) is 14.8 Å². The molecule has 0 aliphatic carbocycles. The maximum atomic E-state index is 13.9. The van der Waals surface area contributed by atoms with Gasteiger partial charge in [-0.3, -0.25) is 14.4 Å². The number of rotatable bonds is 10. The van der Waals surface area contributed by atoms with E-state index < -0.39 is 12.1 Å². The number of nitrogens with zero attached hydrogens (tertiary/aromatic N) is 4. The highest BCUT2D eigenvalue weighted by atomic mass is 16.5. The molecule has 3 aromatic carbocycles. The first-order valence-electron chi connectivity index (χ1n) is 20.3. The number of likely N-dealkylation sites (tertiary alicyclic amines) is 2. The molecule has 2 saturated heterocycles. The molecule has 0 radical (unpaired) electrons. The van der Waals surface area contributed by atoms with Crippen LogP contribution in [0.25, 0.3) is 55.5 Å². The fourth-order valence-corrected chi connectivity index (χ4v) is 8.46. The van der Waals surface area contributed by atoms with E-state index >= 15 is 0 Å². The number of ether oxygens (including phenoxy) is 1. The normalized spacial score (nSPS) is 17.4. The number of hydrogen-bond donors (Lipinski definition) is 4. The van der Waals surface area contributed by atoms with Crippen LogP contribution in [0.15, 0.2) is 76.3 Å². The van der Waals surface area contributed by atoms with Gasteiger partial charge in [0, 0.05) is 19.5 Å². The van der Waals surface area contributed by atoms with Crippen molar-refractivity contribution in [2.24, 2.45) is 11.8 Å². The molecule has 3 unspecified atom stereocenters. The summed E-state index contributed by atoms with van der Waals surface area (Å²) >= 11 is 0. The number of benzene rings is 3. The number of methoxy groups -OCH3 is 1. The minimum Gasteiger partial charge on any atom is -0.507 e. The lowest BCUT2D eigenvalue weighted by atomic mass is 10.00. The number of H-pyrrole nitrogens is 2. The molecule has 3 amide bonds. The molecule has 6 aromatic rings. The molecule has 3 aromatic heterocycles. The lowest BCUT2D eigenvalue weighted by Gasteiger charge is -2.30. The number of carbonyl (C=O) groups excluding carboxylic acids is 3. The molecule has 0 bridgehead atoms. The molecule has 4 N–H and O–H groups in total. The maximum Gasteiger partial charge on any atom is 0.407 e. The number of aromatic nitrogens is 4. The number of imidazole rings is 2. The van der Waals surface area contributed by atoms with Crippen molar-refractivity contribution in [3.8, 4) is 39.3 Å². The Morgan fingerprint density at radius 2 is 1.59 bits per heavy atom. The van der Waals surface area contributed by atoms with Crippen LogP contribution in [0, 0.1) is 11.8 Å². The van der Waals surface area contributed by atoms with E-state index in [1.165, 1.54) is 13.4 Å². The Morgan fingerprint density at radius 3 is 2.31 bits per heavy atom. The van der Waals surface area contributed by atoms with E-state index in [2.05, 4.69) is 34.1 Å². The number of hydrogen-bond acceptors (Lipinski definition) is 9. The molecule has 0 spiro atoms. The Kier molecular flexibility index (Phi) is 10.7. The number of amides is 3. The molecule has 2 fully saturated rings. The summed E-state index contributed by atoms with van der Waals surface area (Å²) in [5.74, 6) is 1.35. The van der Waals surface area contributed by atoms with Gasteiger partial charge in [-0.2, -0.15) is 0 Å². The largest absolute Gasteiger partial charge is 0.507 e. The Balaban J connectivity index is 0.999. The second kappa shape index (κ2) is 16.1. The van der Waals surface area contributed by atoms with Gasteiger partial charge in [0.2, 0.25) is 17.2 Å². The number of carbonyl (C=O) groups is 3. The van der Waals surface area contributed by atoms with Crippen LogP contribution in [-0.4, -0.2) is 79.0 Å². The fraction of sp³-hybridized carbons (Fsp3) is 0.378. The third kappa shape index (κ3) is 7.66. The Bertz CT molecular complexity index is 2610. The van der Waals surface area contributed by atoms with Crippen LogP contribution in [-0.2, 0) is 14.3 Å². The average Bonchev–Trinajstić information content (AvgIpc) is 4.05. The minimum atomic E-state index is -0.726. The van der Waals surface area contributed by atoms with Gasteiger partial charge in [-0.15, -0.1) is 0 Å². The van der Waals surface area contributed by atoms with Crippen molar-refractivity contribution < 1.29 is 28.6 Å². The highest BCUT2D eigenvalue weighted by Gasteiger charge is 2.38. The predicted octanol–water partition coefficient (Wildman–Crippen LogP) is 7.85. The third-order valence-corrected chi connectivity index (χ3v) is 11.5. The number of fused-ring (bicyclic) bond motifs is 2. The molecule has 14 nitrogen and oxygen atoms in total. The number of aromatic hydroxyl groups is 1. The smallest absolute Gasteiger partial charge is 0.407 e. The van der Waals surface area contributed by atoms with Crippen LogP contribution in [0.3, 0.4) is 0 Å². The summed E-state index contributed by atoms with van der Waals surface area (Å²) in [4.78, 5) is 72.3. The standard InChI is InChI=1S/C45H49N7O7/c1-24(2)18-38(54)51-16-6-9-35(51)43-47-31-15-14-28(19-32(31)48-43)29-20-36(53)39-37(21-29)59-23-30(41(39)55)26-10-12-27(13-11-26)33-22-46-42(49-33)34-8-7-17-52(34)44(56)40(25(3)4)50-45(57)58-5/h10-15,19-25,34-35,40,53H,6-9,16-18H2,1-5H3,(H,46,49)(H,47,48)(H,50,57). The van der Waals surface area contributed by atoms with E-state index in [4.69, 9.17) is 14.1 Å². The first-order valence-corrected chi connectivity index (χ1v) is 20.3. The lowest BCUT2D eigenvalue weighted by Crippen LogP contribution is -2.51. The summed E-state index contributed by atoms with van der Waals surface area (Å²) < 4.78 is 10.8. The van der Waals surface area contributed by atoms with Gasteiger partial charge in [0.05, 0.1) is 47.7 Å². The predicted molar refractivity (Wildman–Crippen MR) is 223 cm³/mol. The quantitative estimate of drug-likeness (QED) is 0.107. The Hall–Kier alpha value is -6.44. The molecule has 306 valence electrons. The molecule has 0 saturated carbocycles. The number of phenolic OH excluding ortho intramolecular Hbond substituents is 1. The molecule has 2 aliphatic rings. The van der Waals surface area contributed by atoms with Gasteiger partial charge in [-0.1, -0.05) is 58.0 Å². The molecular formula is C45H49N7O7. The van der Waals surface area contributed by atoms with Crippen molar-refractivity contribution in [2.75, 3.05) is 20.2 Å². The maximum absolute atomic E-state index is 13.9. The van der Waals surface area contributed by atoms with Crippen LogP contribution in [0.5, 0.6) is 5.75 Å². The summed E-state index contributed by atoms with van der Waals surface area (Å²) in [5, 5.41) is 14.0. The van der Waals surface area contributed by atoms with E-state index in [1.807, 2.05) is 61.2 Å². The zero-order chi connectivity index (χ0) is 41.5. The highest BCUT2D eigenvalue weighted by Crippen LogP contribution is 2.37. The van der Waals surface area contributed by atoms with Gasteiger partial charge < -0.3 is 39.3 Å². The van der Waals surface area contributed by atoms with Gasteiger partial charge in [0.15, 0.2) is 0 Å². The summed E-state index contributed by atoms with van der Waals surface area (Å²) in [5.41, 5.74) is 5.46. The van der Waals surface area contributed by atoms with Gasteiger partial charge in [-0.05, 0) is 84.0 Å². The summed E-state index contributed by atoms with van der Waals surface area (Å²) in [6.07, 6.45) is 6.33. The number of aromatic amines is 2. The molecule has 5 heterocycles. The van der Waals surface area contributed by atoms with E-state index in [9.17, 15) is 24.3 Å². The SMILES string of the molecule is COC(=O)NC(C(=O)N1CCCC1c1ncc(-c2ccc(-c3coc4cc(-c5ccc6nc(C7CCCN7C(=O)CC(C)C)[nH]c6c5)cc(O)c4c3=O)cc2)[nH]1)C(C)C. The van der Waals surface area contributed by atoms with Crippen LogP contribution in [0.2, 0.25) is 0 Å². The van der Waals surface area contributed by atoms with Crippen molar-refractivity contribution in [1.29, 1.82) is 0 Å². The zero-order valence-electron chi connectivity index (χ0n) is 33.9. The summed E-state index contributed by atoms with van der Waals surface area (Å²) in [7, 11) is 1.27. The lowest BCUT2D eigenvalue weighted by molar-refractivity contribution is -0.135. The number of alkyl carbamates (subject to hydrolysis) is 1. The van der Waals surface area contributed by atoms with E-state index in [0.717, 1.165) is 65.9 Å². The first kappa shape index (κ1) is 39.4. The van der Waals surface area contributed by atoms with Crippen LogP contribution in [0.1, 0.15) is 83.5 Å². The van der Waals surface area contributed by atoms with Gasteiger partial charge in [0.1, 0.15) is 40.7 Å². The summed E-state index contributed by atoms with van der Waals surface area (Å²) in [6.45, 7) is 9.13. The van der Waals surface area contributed by atoms with Crippen LogP contribution < -0.4 is 10.7 Å². The van der Waals surface area contributed by atoms with Gasteiger partial charge >= 0.3 is 6.09 Å². The minimum absolute atomic E-state index is 0.0861. The van der Waals surface area contributed by atoms with Crippen LogP contribution in [0.4, 0.5) is 4.79 Å². The average molecular weight is 800 g/mol. The second-order valence-electron chi connectivity index (χ2n) is 16.4. The molecular weight excluding hydrogens is 751 g/mol. The fourth-order valence-electron chi connectivity index (χ4n) is 8.46.